The van der Waals surface area contributed by atoms with Gasteiger partial charge in [-0.1, -0.05) is 19.9 Å². The van der Waals surface area contributed by atoms with Crippen LogP contribution in [-0.2, 0) is 4.79 Å². The van der Waals surface area contributed by atoms with Crippen LogP contribution in [0.2, 0.25) is 0 Å². The van der Waals surface area contributed by atoms with Crippen LogP contribution in [0.3, 0.4) is 0 Å². The van der Waals surface area contributed by atoms with Gasteiger partial charge in [0.05, 0.1) is 6.54 Å². The van der Waals surface area contributed by atoms with Crippen LogP contribution < -0.4 is 5.32 Å². The zero-order valence-corrected chi connectivity index (χ0v) is 13.3. The first kappa shape index (κ1) is 16.6. The van der Waals surface area contributed by atoms with Crippen LogP contribution >= 0.6 is 12.6 Å². The lowest BCUT2D eigenvalue weighted by molar-refractivity contribution is -0.121. The molecule has 0 aliphatic carbocycles. The summed E-state index contributed by atoms with van der Waals surface area (Å²) in [6, 6.07) is 5.41. The maximum atomic E-state index is 12.3. The van der Waals surface area contributed by atoms with E-state index >= 15 is 0 Å². The zero-order valence-electron chi connectivity index (χ0n) is 12.4. The Hall–Kier alpha value is -1.49. The summed E-state index contributed by atoms with van der Waals surface area (Å²) in [5.41, 5.74) is 1.46. The number of thiol groups is 1. The third kappa shape index (κ3) is 4.89. The highest BCUT2D eigenvalue weighted by Gasteiger charge is 2.17. The van der Waals surface area contributed by atoms with Crippen molar-refractivity contribution in [3.63, 3.8) is 0 Å². The summed E-state index contributed by atoms with van der Waals surface area (Å²) in [5.74, 6) is 0.0791. The molecular weight excluding hydrogens is 272 g/mol. The van der Waals surface area contributed by atoms with Crippen LogP contribution in [0.5, 0.6) is 0 Å². The van der Waals surface area contributed by atoms with Crippen molar-refractivity contribution in [3.8, 4) is 0 Å². The highest BCUT2D eigenvalue weighted by atomic mass is 32.1. The van der Waals surface area contributed by atoms with Gasteiger partial charge in [0.15, 0.2) is 0 Å². The number of nitrogens with zero attached hydrogens (tertiary/aromatic N) is 1. The Bertz CT molecular complexity index is 501. The molecule has 2 amide bonds. The molecule has 4 nitrogen and oxygen atoms in total. The van der Waals surface area contributed by atoms with Crippen LogP contribution in [0.4, 0.5) is 0 Å². The molecule has 0 bridgehead atoms. The lowest BCUT2D eigenvalue weighted by atomic mass is 10.1. The van der Waals surface area contributed by atoms with Gasteiger partial charge in [0.25, 0.3) is 5.91 Å². The molecule has 5 heteroatoms. The Labute approximate surface area is 126 Å². The molecule has 0 aliphatic heterocycles. The van der Waals surface area contributed by atoms with Crippen LogP contribution in [0.1, 0.15) is 29.8 Å². The van der Waals surface area contributed by atoms with Crippen molar-refractivity contribution in [3.05, 3.63) is 29.3 Å². The number of rotatable bonds is 5. The summed E-state index contributed by atoms with van der Waals surface area (Å²) in [5, 5.41) is 2.80. The van der Waals surface area contributed by atoms with Gasteiger partial charge >= 0.3 is 0 Å². The van der Waals surface area contributed by atoms with Gasteiger partial charge < -0.3 is 10.2 Å². The molecule has 0 heterocycles. The van der Waals surface area contributed by atoms with E-state index < -0.39 is 0 Å². The van der Waals surface area contributed by atoms with Gasteiger partial charge in [-0.25, -0.2) is 0 Å². The second-order valence-corrected chi connectivity index (χ2v) is 5.87. The van der Waals surface area contributed by atoms with Gasteiger partial charge in [-0.2, -0.15) is 0 Å². The summed E-state index contributed by atoms with van der Waals surface area (Å²) in [4.78, 5) is 26.2. The highest BCUT2D eigenvalue weighted by molar-refractivity contribution is 7.80. The summed E-state index contributed by atoms with van der Waals surface area (Å²) in [7, 11) is 1.63. The topological polar surface area (TPSA) is 49.4 Å². The van der Waals surface area contributed by atoms with Gasteiger partial charge in [0.2, 0.25) is 5.91 Å². The summed E-state index contributed by atoms with van der Waals surface area (Å²) >= 11 is 4.24. The largest absolute Gasteiger partial charge is 0.354 e. The Balaban J connectivity index is 2.67. The summed E-state index contributed by atoms with van der Waals surface area (Å²) < 4.78 is 0. The third-order valence-electron chi connectivity index (χ3n) is 2.89. The first-order valence-electron chi connectivity index (χ1n) is 6.63. The average Bonchev–Trinajstić information content (AvgIpc) is 2.38. The molecule has 1 aromatic carbocycles. The SMILES string of the molecule is Cc1ccc(S)cc1C(=O)N(C)CC(=O)NCC(C)C. The zero-order chi connectivity index (χ0) is 15.3. The molecule has 0 aliphatic rings. The van der Waals surface area contributed by atoms with Crippen molar-refractivity contribution in [1.82, 2.24) is 10.2 Å². The van der Waals surface area contributed by atoms with Gasteiger partial charge in [0.1, 0.15) is 0 Å². The molecule has 0 unspecified atom stereocenters. The van der Waals surface area contributed by atoms with E-state index in [0.29, 0.717) is 18.0 Å². The Morgan fingerprint density at radius 3 is 2.60 bits per heavy atom. The Morgan fingerprint density at radius 1 is 1.35 bits per heavy atom. The number of amides is 2. The number of hydrogen-bond acceptors (Lipinski definition) is 3. The second kappa shape index (κ2) is 7.33. The number of likely N-dealkylation sites (N-methyl/N-ethyl adjacent to an activating group) is 1. The van der Waals surface area contributed by atoms with E-state index in [1.54, 1.807) is 13.1 Å². The molecule has 0 spiro atoms. The highest BCUT2D eigenvalue weighted by Crippen LogP contribution is 2.15. The van der Waals surface area contributed by atoms with Gasteiger partial charge in [0, 0.05) is 24.1 Å². The van der Waals surface area contributed by atoms with Crippen LogP contribution in [0.25, 0.3) is 0 Å². The Morgan fingerprint density at radius 2 is 2.00 bits per heavy atom. The predicted molar refractivity (Wildman–Crippen MR) is 83.2 cm³/mol. The monoisotopic (exact) mass is 294 g/mol. The van der Waals surface area contributed by atoms with Gasteiger partial charge in [-0.05, 0) is 30.5 Å². The summed E-state index contributed by atoms with van der Waals surface area (Å²) in [6.07, 6.45) is 0. The molecule has 0 radical (unpaired) electrons. The number of nitrogens with one attached hydrogen (secondary N) is 1. The molecule has 1 aromatic rings. The maximum absolute atomic E-state index is 12.3. The molecule has 110 valence electrons. The fraction of sp³-hybridized carbons (Fsp3) is 0.467. The fourth-order valence-corrected chi connectivity index (χ4v) is 1.91. The second-order valence-electron chi connectivity index (χ2n) is 5.36. The van der Waals surface area contributed by atoms with Gasteiger partial charge in [-0.3, -0.25) is 9.59 Å². The molecule has 0 saturated heterocycles. The first-order valence-corrected chi connectivity index (χ1v) is 7.07. The van der Waals surface area contributed by atoms with Gasteiger partial charge in [-0.15, -0.1) is 12.6 Å². The molecular formula is C15H22N2O2S. The molecule has 0 saturated carbocycles. The lowest BCUT2D eigenvalue weighted by Gasteiger charge is -2.18. The number of carbonyl (C=O) groups excluding carboxylic acids is 2. The lowest BCUT2D eigenvalue weighted by Crippen LogP contribution is -2.39. The van der Waals surface area contributed by atoms with E-state index in [4.69, 9.17) is 0 Å². The van der Waals surface area contributed by atoms with E-state index in [2.05, 4.69) is 17.9 Å². The molecule has 0 atom stereocenters. The minimum absolute atomic E-state index is 0.0573. The third-order valence-corrected chi connectivity index (χ3v) is 3.16. The van der Waals surface area contributed by atoms with Crippen LogP contribution in [0, 0.1) is 12.8 Å². The number of carbonyl (C=O) groups is 2. The maximum Gasteiger partial charge on any atom is 0.254 e. The van der Waals surface area contributed by atoms with Crippen LogP contribution in [0.15, 0.2) is 23.1 Å². The molecule has 1 N–H and O–H groups in total. The number of aryl methyl sites for hydroxylation is 1. The predicted octanol–water partition coefficient (Wildman–Crippen LogP) is 2.13. The van der Waals surface area contributed by atoms with Crippen molar-refractivity contribution in [2.24, 2.45) is 5.92 Å². The van der Waals surface area contributed by atoms with Crippen LogP contribution in [-0.4, -0.2) is 36.9 Å². The van der Waals surface area contributed by atoms with E-state index in [1.807, 2.05) is 32.9 Å². The fourth-order valence-electron chi connectivity index (χ4n) is 1.71. The van der Waals surface area contributed by atoms with E-state index in [-0.39, 0.29) is 18.4 Å². The smallest absolute Gasteiger partial charge is 0.254 e. The molecule has 1 rings (SSSR count). The van der Waals surface area contributed by atoms with E-state index in [1.165, 1.54) is 4.90 Å². The summed E-state index contributed by atoms with van der Waals surface area (Å²) in [6.45, 7) is 6.59. The van der Waals surface area contributed by atoms with Crippen molar-refractivity contribution < 1.29 is 9.59 Å². The minimum Gasteiger partial charge on any atom is -0.354 e. The number of benzene rings is 1. The molecule has 0 aromatic heterocycles. The average molecular weight is 294 g/mol. The van der Waals surface area contributed by atoms with Crippen molar-refractivity contribution >= 4 is 24.4 Å². The number of hydrogen-bond donors (Lipinski definition) is 2. The molecule has 0 fully saturated rings. The minimum atomic E-state index is -0.168. The standard InChI is InChI=1S/C15H22N2O2S/c1-10(2)8-16-14(18)9-17(4)15(19)13-7-12(20)6-5-11(13)3/h5-7,10,20H,8-9H2,1-4H3,(H,16,18). The van der Waals surface area contributed by atoms with Crippen molar-refractivity contribution in [2.45, 2.75) is 25.7 Å². The quantitative estimate of drug-likeness (QED) is 0.817. The Kier molecular flexibility index (Phi) is 6.07. The van der Waals surface area contributed by atoms with E-state index in [9.17, 15) is 9.59 Å². The van der Waals surface area contributed by atoms with Crippen molar-refractivity contribution in [1.29, 1.82) is 0 Å². The molecule has 20 heavy (non-hydrogen) atoms. The van der Waals surface area contributed by atoms with Crippen molar-refractivity contribution in [2.75, 3.05) is 20.1 Å². The normalized spacial score (nSPS) is 10.5. The van der Waals surface area contributed by atoms with E-state index in [0.717, 1.165) is 10.5 Å². The first-order chi connectivity index (χ1) is 9.31.